The van der Waals surface area contributed by atoms with Crippen LogP contribution in [0.25, 0.3) is 5.70 Å². The van der Waals surface area contributed by atoms with Crippen molar-refractivity contribution in [1.82, 2.24) is 10.2 Å². The van der Waals surface area contributed by atoms with Crippen LogP contribution in [-0.4, -0.2) is 28.6 Å². The molecule has 1 atom stereocenters. The number of carbonyl (C=O) groups is 2. The van der Waals surface area contributed by atoms with E-state index in [0.717, 1.165) is 16.7 Å². The number of thioether (sulfide) groups is 1. The average molecular weight is 562 g/mol. The lowest BCUT2D eigenvalue weighted by molar-refractivity contribution is -0.139. The second-order valence-electron chi connectivity index (χ2n) is 8.87. The molecule has 2 heterocycles. The Morgan fingerprint density at radius 2 is 1.77 bits per heavy atom. The molecule has 0 fully saturated rings. The van der Waals surface area contributed by atoms with Gasteiger partial charge in [-0.15, -0.1) is 0 Å². The largest absolute Gasteiger partial charge is 0.463 e. The van der Waals surface area contributed by atoms with E-state index in [2.05, 4.69) is 5.32 Å². The van der Waals surface area contributed by atoms with Crippen molar-refractivity contribution in [2.75, 3.05) is 6.61 Å². The molecule has 0 spiro atoms. The van der Waals surface area contributed by atoms with Crippen LogP contribution in [0.1, 0.15) is 36.1 Å². The molecule has 1 N–H and O–H groups in total. The Bertz CT molecular complexity index is 1470. The van der Waals surface area contributed by atoms with Crippen molar-refractivity contribution in [3.8, 4) is 0 Å². The number of amides is 1. The molecule has 3 aromatic carbocycles. The summed E-state index contributed by atoms with van der Waals surface area (Å²) in [4.78, 5) is 33.3. The van der Waals surface area contributed by atoms with Gasteiger partial charge in [0.25, 0.3) is 0 Å². The SMILES string of the molecule is CCOC(=O)C1=C(c2ccccc2)N=C2SC=C(CC(=O)NCc3ccc(F)cc3)N2[C@H]1c1ccc(Cl)cc1. The van der Waals surface area contributed by atoms with Crippen LogP contribution in [0.4, 0.5) is 4.39 Å². The number of aliphatic imine (C=N–C) groups is 1. The van der Waals surface area contributed by atoms with Crippen molar-refractivity contribution in [3.63, 3.8) is 0 Å². The molecule has 0 aliphatic carbocycles. The van der Waals surface area contributed by atoms with Crippen molar-refractivity contribution in [1.29, 1.82) is 0 Å². The van der Waals surface area contributed by atoms with Gasteiger partial charge in [-0.2, -0.15) is 0 Å². The summed E-state index contributed by atoms with van der Waals surface area (Å²) in [7, 11) is 0. The summed E-state index contributed by atoms with van der Waals surface area (Å²) >= 11 is 7.60. The normalized spacial score (nSPS) is 16.4. The van der Waals surface area contributed by atoms with Crippen LogP contribution in [0.2, 0.25) is 5.02 Å². The number of ether oxygens (including phenoxy) is 1. The number of rotatable bonds is 8. The molecule has 0 saturated carbocycles. The van der Waals surface area contributed by atoms with Crippen LogP contribution in [0.3, 0.4) is 0 Å². The van der Waals surface area contributed by atoms with Crippen molar-refractivity contribution >= 4 is 46.1 Å². The molecule has 9 heteroatoms. The number of carbonyl (C=O) groups excluding carboxylic acids is 2. The average Bonchev–Trinajstić information content (AvgIpc) is 3.35. The van der Waals surface area contributed by atoms with E-state index in [9.17, 15) is 14.0 Å². The molecule has 2 aliphatic rings. The van der Waals surface area contributed by atoms with Crippen molar-refractivity contribution in [2.45, 2.75) is 25.9 Å². The standard InChI is InChI=1S/C30H25ClFN3O3S/c1-2-38-29(37)26-27(20-6-4-3-5-7-20)34-30-35(28(26)21-10-12-22(31)13-11-21)24(18-39-30)16-25(36)33-17-19-8-14-23(32)15-9-19/h3-15,18,28H,2,16-17H2,1H3,(H,33,36)/t28-/m0/s1. The lowest BCUT2D eigenvalue weighted by Crippen LogP contribution is -2.38. The molecule has 1 amide bonds. The number of hydrogen-bond donors (Lipinski definition) is 1. The second-order valence-corrected chi connectivity index (χ2v) is 10.1. The zero-order valence-corrected chi connectivity index (χ0v) is 22.6. The Kier molecular flexibility index (Phi) is 8.14. The highest BCUT2D eigenvalue weighted by molar-refractivity contribution is 8.16. The summed E-state index contributed by atoms with van der Waals surface area (Å²) in [6.45, 7) is 2.24. The molecule has 198 valence electrons. The van der Waals surface area contributed by atoms with Gasteiger partial charge in [-0.3, -0.25) is 4.79 Å². The van der Waals surface area contributed by atoms with Gasteiger partial charge in [0, 0.05) is 22.8 Å². The van der Waals surface area contributed by atoms with E-state index < -0.39 is 12.0 Å². The first-order chi connectivity index (χ1) is 18.9. The Morgan fingerprint density at radius 3 is 2.46 bits per heavy atom. The fourth-order valence-electron chi connectivity index (χ4n) is 4.48. The summed E-state index contributed by atoms with van der Waals surface area (Å²) in [5.74, 6) is -1.02. The third kappa shape index (κ3) is 5.92. The van der Waals surface area contributed by atoms with E-state index in [4.69, 9.17) is 21.3 Å². The van der Waals surface area contributed by atoms with Crippen molar-refractivity contribution in [2.24, 2.45) is 4.99 Å². The second kappa shape index (κ2) is 11.9. The van der Waals surface area contributed by atoms with Crippen molar-refractivity contribution in [3.05, 3.63) is 123 Å². The molecule has 0 bridgehead atoms. The molecule has 39 heavy (non-hydrogen) atoms. The fourth-order valence-corrected chi connectivity index (χ4v) is 5.52. The maximum Gasteiger partial charge on any atom is 0.338 e. The van der Waals surface area contributed by atoms with Crippen molar-refractivity contribution < 1.29 is 18.7 Å². The van der Waals surface area contributed by atoms with Gasteiger partial charge in [0.1, 0.15) is 5.82 Å². The fraction of sp³-hybridized carbons (Fsp3) is 0.167. The smallest absolute Gasteiger partial charge is 0.338 e. The minimum absolute atomic E-state index is 0.0636. The van der Waals surface area contributed by atoms with Crippen LogP contribution in [0, 0.1) is 5.82 Å². The Hall–Kier alpha value is -3.88. The predicted octanol–water partition coefficient (Wildman–Crippen LogP) is 6.46. The maximum atomic E-state index is 13.5. The lowest BCUT2D eigenvalue weighted by Gasteiger charge is -2.36. The summed E-state index contributed by atoms with van der Waals surface area (Å²) in [6, 6.07) is 22.2. The van der Waals surface area contributed by atoms with E-state index in [1.807, 2.05) is 52.8 Å². The number of esters is 1. The van der Waals surface area contributed by atoms with Gasteiger partial charge in [-0.05, 0) is 47.7 Å². The minimum Gasteiger partial charge on any atom is -0.463 e. The van der Waals surface area contributed by atoms with E-state index >= 15 is 0 Å². The Labute approximate surface area is 235 Å². The molecule has 0 unspecified atom stereocenters. The maximum absolute atomic E-state index is 13.5. The number of nitrogens with zero attached hydrogens (tertiary/aromatic N) is 2. The highest BCUT2D eigenvalue weighted by Gasteiger charge is 2.42. The molecule has 0 aromatic heterocycles. The van der Waals surface area contributed by atoms with E-state index in [1.54, 1.807) is 31.2 Å². The molecule has 3 aromatic rings. The third-order valence-corrected chi connectivity index (χ3v) is 7.42. The van der Waals surface area contributed by atoms with Crippen LogP contribution < -0.4 is 5.32 Å². The van der Waals surface area contributed by atoms with Crippen LogP contribution in [0.5, 0.6) is 0 Å². The quantitative estimate of drug-likeness (QED) is 0.320. The number of hydrogen-bond acceptors (Lipinski definition) is 6. The van der Waals surface area contributed by atoms with Crippen LogP contribution >= 0.6 is 23.4 Å². The Morgan fingerprint density at radius 1 is 1.05 bits per heavy atom. The molecular weight excluding hydrogens is 537 g/mol. The van der Waals surface area contributed by atoms with E-state index in [-0.39, 0.29) is 31.3 Å². The van der Waals surface area contributed by atoms with Crippen LogP contribution in [0.15, 0.2) is 101 Å². The number of halogens is 2. The van der Waals surface area contributed by atoms with Gasteiger partial charge < -0.3 is 15.0 Å². The first kappa shape index (κ1) is 26.7. The molecule has 0 saturated heterocycles. The summed E-state index contributed by atoms with van der Waals surface area (Å²) in [5.41, 5.74) is 4.00. The minimum atomic E-state index is -0.588. The molecule has 6 nitrogen and oxygen atoms in total. The lowest BCUT2D eigenvalue weighted by atomic mass is 9.91. The molecule has 0 radical (unpaired) electrons. The summed E-state index contributed by atoms with van der Waals surface area (Å²) in [5, 5.41) is 6.00. The van der Waals surface area contributed by atoms with E-state index in [0.29, 0.717) is 27.2 Å². The predicted molar refractivity (Wildman–Crippen MR) is 152 cm³/mol. The summed E-state index contributed by atoms with van der Waals surface area (Å²) < 4.78 is 18.7. The first-order valence-electron chi connectivity index (χ1n) is 12.4. The zero-order valence-electron chi connectivity index (χ0n) is 21.1. The van der Waals surface area contributed by atoms with Crippen LogP contribution in [-0.2, 0) is 20.9 Å². The topological polar surface area (TPSA) is 71.0 Å². The highest BCUT2D eigenvalue weighted by Crippen LogP contribution is 2.47. The monoisotopic (exact) mass is 561 g/mol. The van der Waals surface area contributed by atoms with Gasteiger partial charge in [0.05, 0.1) is 30.3 Å². The van der Waals surface area contributed by atoms with Gasteiger partial charge in [0.15, 0.2) is 5.17 Å². The molecule has 2 aliphatic heterocycles. The van der Waals surface area contributed by atoms with Gasteiger partial charge in [-0.25, -0.2) is 14.2 Å². The highest BCUT2D eigenvalue weighted by atomic mass is 35.5. The summed E-state index contributed by atoms with van der Waals surface area (Å²) in [6.07, 6.45) is 0.0636. The molecular formula is C30H25ClFN3O3S. The van der Waals surface area contributed by atoms with Gasteiger partial charge in [0.2, 0.25) is 5.91 Å². The first-order valence-corrected chi connectivity index (χ1v) is 13.7. The number of fused-ring (bicyclic) bond motifs is 1. The molecule has 5 rings (SSSR count). The third-order valence-electron chi connectivity index (χ3n) is 6.28. The number of nitrogens with one attached hydrogen (secondary N) is 1. The number of benzene rings is 3. The van der Waals surface area contributed by atoms with Gasteiger partial charge >= 0.3 is 5.97 Å². The van der Waals surface area contributed by atoms with Gasteiger partial charge in [-0.1, -0.05) is 78.0 Å². The number of amidine groups is 1. The Balaban J connectivity index is 1.50. The zero-order chi connectivity index (χ0) is 27.4. The van der Waals surface area contributed by atoms with E-state index in [1.165, 1.54) is 23.9 Å².